The van der Waals surface area contributed by atoms with Crippen LogP contribution in [0.25, 0.3) is 0 Å². The Bertz CT molecular complexity index is 200. The molecule has 47 valence electrons. The van der Waals surface area contributed by atoms with Gasteiger partial charge in [0.2, 0.25) is 0 Å². The molecular weight excluding hydrogens is 180 g/mol. The molecule has 0 atom stereocenters. The third-order valence-electron chi connectivity index (χ3n) is 0.936. The van der Waals surface area contributed by atoms with Crippen LogP contribution in [0, 0.1) is 6.42 Å². The number of hydrogen-bond donors (Lipinski definition) is 0. The maximum Gasteiger partial charge on any atom is 0.0677 e. The van der Waals surface area contributed by atoms with E-state index in [-0.39, 0.29) is 0 Å². The van der Waals surface area contributed by atoms with Gasteiger partial charge >= 0.3 is 0 Å². The van der Waals surface area contributed by atoms with E-state index in [0.717, 1.165) is 10.2 Å². The highest BCUT2D eigenvalue weighted by molar-refractivity contribution is 9.10. The van der Waals surface area contributed by atoms with Crippen LogP contribution in [-0.2, 0) is 0 Å². The van der Waals surface area contributed by atoms with Gasteiger partial charge in [0.05, 0.1) is 11.9 Å². The molecule has 2 nitrogen and oxygen atoms in total. The molecule has 3 heteroatoms. The third kappa shape index (κ3) is 1.75. The van der Waals surface area contributed by atoms with Crippen LogP contribution in [0.1, 0.15) is 12.6 Å². The van der Waals surface area contributed by atoms with Gasteiger partial charge in [-0.05, 0) is 22.0 Å². The molecule has 1 radical (unpaired) electrons. The SMILES string of the molecule is C[CH]c1cc(Br)cnn1. The maximum atomic E-state index is 3.82. The zero-order valence-corrected chi connectivity index (χ0v) is 6.59. The van der Waals surface area contributed by atoms with Crippen LogP contribution in [0.5, 0.6) is 0 Å². The molecule has 9 heavy (non-hydrogen) atoms. The summed E-state index contributed by atoms with van der Waals surface area (Å²) in [7, 11) is 0. The van der Waals surface area contributed by atoms with Crippen LogP contribution in [0.15, 0.2) is 16.7 Å². The molecule has 1 aromatic heterocycles. The molecule has 1 rings (SSSR count). The van der Waals surface area contributed by atoms with Gasteiger partial charge in [-0.2, -0.15) is 10.2 Å². The maximum absolute atomic E-state index is 3.82. The van der Waals surface area contributed by atoms with Crippen molar-refractivity contribution in [3.63, 3.8) is 0 Å². The van der Waals surface area contributed by atoms with Gasteiger partial charge in [-0.15, -0.1) is 0 Å². The lowest BCUT2D eigenvalue weighted by molar-refractivity contribution is 0.979. The molecule has 0 fully saturated rings. The molecule has 0 aliphatic rings. The Hall–Kier alpha value is -0.440. The number of nitrogens with zero attached hydrogens (tertiary/aromatic N) is 2. The predicted octanol–water partition coefficient (Wildman–Crippen LogP) is 1.81. The van der Waals surface area contributed by atoms with Crippen molar-refractivity contribution in [3.05, 3.63) is 28.9 Å². The fourth-order valence-corrected chi connectivity index (χ4v) is 0.825. The molecule has 0 aromatic carbocycles. The summed E-state index contributed by atoms with van der Waals surface area (Å²) in [5.41, 5.74) is 0.893. The van der Waals surface area contributed by atoms with Gasteiger partial charge in [-0.1, -0.05) is 6.92 Å². The zero-order chi connectivity index (χ0) is 6.69. The molecule has 0 saturated carbocycles. The zero-order valence-electron chi connectivity index (χ0n) is 5.00. The van der Waals surface area contributed by atoms with E-state index in [4.69, 9.17) is 0 Å². The van der Waals surface area contributed by atoms with E-state index in [0.29, 0.717) is 0 Å². The molecule has 0 saturated heterocycles. The van der Waals surface area contributed by atoms with Crippen LogP contribution < -0.4 is 0 Å². The topological polar surface area (TPSA) is 25.8 Å². The van der Waals surface area contributed by atoms with E-state index >= 15 is 0 Å². The molecule has 0 N–H and O–H groups in total. The fraction of sp³-hybridized carbons (Fsp3) is 0.167. The monoisotopic (exact) mass is 185 g/mol. The Labute approximate surface area is 62.4 Å². The summed E-state index contributed by atoms with van der Waals surface area (Å²) in [5, 5.41) is 7.55. The summed E-state index contributed by atoms with van der Waals surface area (Å²) in [6.07, 6.45) is 3.56. The Morgan fingerprint density at radius 1 is 1.67 bits per heavy atom. The van der Waals surface area contributed by atoms with Gasteiger partial charge in [-0.3, -0.25) is 0 Å². The molecule has 1 heterocycles. The Morgan fingerprint density at radius 2 is 2.44 bits per heavy atom. The highest BCUT2D eigenvalue weighted by Crippen LogP contribution is 2.07. The Kier molecular flexibility index (Phi) is 2.16. The summed E-state index contributed by atoms with van der Waals surface area (Å²) in [5.74, 6) is 0. The fourth-order valence-electron chi connectivity index (χ4n) is 0.499. The minimum atomic E-state index is 0.893. The molecule has 0 amide bonds. The van der Waals surface area contributed by atoms with Gasteiger partial charge in [0.25, 0.3) is 0 Å². The molecule has 0 aliphatic heterocycles. The van der Waals surface area contributed by atoms with Crippen molar-refractivity contribution in [2.24, 2.45) is 0 Å². The first-order chi connectivity index (χ1) is 4.33. The highest BCUT2D eigenvalue weighted by atomic mass is 79.9. The first kappa shape index (κ1) is 6.68. The minimum Gasteiger partial charge on any atom is -0.158 e. The van der Waals surface area contributed by atoms with Crippen LogP contribution in [-0.4, -0.2) is 10.2 Å². The average molecular weight is 186 g/mol. The van der Waals surface area contributed by atoms with E-state index < -0.39 is 0 Å². The smallest absolute Gasteiger partial charge is 0.0677 e. The molecule has 1 aromatic rings. The quantitative estimate of drug-likeness (QED) is 0.668. The van der Waals surface area contributed by atoms with Crippen LogP contribution in [0.3, 0.4) is 0 Å². The van der Waals surface area contributed by atoms with Gasteiger partial charge < -0.3 is 0 Å². The van der Waals surface area contributed by atoms with E-state index in [2.05, 4.69) is 26.1 Å². The lowest BCUT2D eigenvalue weighted by Gasteiger charge is -1.91. The lowest BCUT2D eigenvalue weighted by atomic mass is 10.3. The van der Waals surface area contributed by atoms with Crippen molar-refractivity contribution in [1.29, 1.82) is 0 Å². The summed E-state index contributed by atoms with van der Waals surface area (Å²) >= 11 is 3.28. The van der Waals surface area contributed by atoms with E-state index in [9.17, 15) is 0 Å². The molecule has 0 aliphatic carbocycles. The lowest BCUT2D eigenvalue weighted by Crippen LogP contribution is -1.86. The largest absolute Gasteiger partial charge is 0.158 e. The second kappa shape index (κ2) is 2.92. The van der Waals surface area contributed by atoms with Gasteiger partial charge in [0.1, 0.15) is 0 Å². The van der Waals surface area contributed by atoms with Gasteiger partial charge in [-0.25, -0.2) is 0 Å². The van der Waals surface area contributed by atoms with Crippen LogP contribution in [0.4, 0.5) is 0 Å². The Balaban J connectivity index is 2.94. The summed E-state index contributed by atoms with van der Waals surface area (Å²) in [4.78, 5) is 0. The highest BCUT2D eigenvalue weighted by Gasteiger charge is 1.90. The second-order valence-electron chi connectivity index (χ2n) is 1.59. The third-order valence-corrected chi connectivity index (χ3v) is 1.37. The normalized spacial score (nSPS) is 9.56. The van der Waals surface area contributed by atoms with Gasteiger partial charge in [0.15, 0.2) is 0 Å². The first-order valence-electron chi connectivity index (χ1n) is 2.60. The van der Waals surface area contributed by atoms with E-state index in [1.807, 2.05) is 19.4 Å². The minimum absolute atomic E-state index is 0.893. The van der Waals surface area contributed by atoms with Crippen molar-refractivity contribution in [2.75, 3.05) is 0 Å². The van der Waals surface area contributed by atoms with Crippen molar-refractivity contribution in [3.8, 4) is 0 Å². The average Bonchev–Trinajstić information content (AvgIpc) is 1.88. The summed E-state index contributed by atoms with van der Waals surface area (Å²) in [6.45, 7) is 1.93. The molecular formula is C6H6BrN2. The van der Waals surface area contributed by atoms with Crippen LogP contribution in [0.2, 0.25) is 0 Å². The Morgan fingerprint density at radius 3 is 2.89 bits per heavy atom. The van der Waals surface area contributed by atoms with Crippen molar-refractivity contribution >= 4 is 15.9 Å². The van der Waals surface area contributed by atoms with E-state index in [1.165, 1.54) is 0 Å². The van der Waals surface area contributed by atoms with Crippen molar-refractivity contribution in [2.45, 2.75) is 6.92 Å². The van der Waals surface area contributed by atoms with Crippen molar-refractivity contribution in [1.82, 2.24) is 10.2 Å². The molecule has 0 bridgehead atoms. The number of aromatic nitrogens is 2. The predicted molar refractivity (Wildman–Crippen MR) is 38.8 cm³/mol. The first-order valence-corrected chi connectivity index (χ1v) is 3.40. The standard InChI is InChI=1S/C6H6BrN2/c1-2-6-3-5(7)4-8-9-6/h2-4H,1H3. The second-order valence-corrected chi connectivity index (χ2v) is 2.50. The summed E-state index contributed by atoms with van der Waals surface area (Å²) in [6, 6.07) is 1.91. The molecule has 0 unspecified atom stereocenters. The summed E-state index contributed by atoms with van der Waals surface area (Å²) < 4.78 is 0.964. The molecule has 0 spiro atoms. The number of hydrogen-bond acceptors (Lipinski definition) is 2. The van der Waals surface area contributed by atoms with Crippen molar-refractivity contribution < 1.29 is 0 Å². The number of rotatable bonds is 1. The van der Waals surface area contributed by atoms with Gasteiger partial charge in [0, 0.05) is 10.9 Å². The number of halogens is 1. The van der Waals surface area contributed by atoms with E-state index in [1.54, 1.807) is 6.20 Å². The van der Waals surface area contributed by atoms with Crippen LogP contribution >= 0.6 is 15.9 Å².